The normalized spacial score (nSPS) is 12.2. The van der Waals surface area contributed by atoms with Crippen LogP contribution in [0.1, 0.15) is 11.6 Å². The van der Waals surface area contributed by atoms with Crippen LogP contribution in [-0.4, -0.2) is 6.54 Å². The van der Waals surface area contributed by atoms with Crippen LogP contribution in [0.3, 0.4) is 0 Å². The molecule has 0 aromatic heterocycles. The Hall–Kier alpha value is -0.620. The maximum Gasteiger partial charge on any atom is 0.129 e. The minimum atomic E-state index is -0.319. The summed E-state index contributed by atoms with van der Waals surface area (Å²) in [6, 6.07) is 10.1. The van der Waals surface area contributed by atoms with Crippen LogP contribution >= 0.6 is 43.5 Å². The molecule has 2 aromatic carbocycles. The molecular weight excluding hydrogens is 410 g/mol. The van der Waals surface area contributed by atoms with Crippen molar-refractivity contribution >= 4 is 49.1 Å². The fourth-order valence-electron chi connectivity index (χ4n) is 1.83. The Morgan fingerprint density at radius 1 is 1.20 bits per heavy atom. The quantitative estimate of drug-likeness (QED) is 0.718. The summed E-state index contributed by atoms with van der Waals surface area (Å²) < 4.78 is 15.5. The first-order valence-corrected chi connectivity index (χ1v) is 7.84. The first-order chi connectivity index (χ1) is 9.51. The Labute approximate surface area is 138 Å². The van der Waals surface area contributed by atoms with Gasteiger partial charge in [0.05, 0.1) is 11.1 Å². The lowest BCUT2D eigenvalue weighted by atomic mass is 10.1. The van der Waals surface area contributed by atoms with Gasteiger partial charge in [0.25, 0.3) is 0 Å². The van der Waals surface area contributed by atoms with Crippen LogP contribution in [0.25, 0.3) is 0 Å². The molecule has 0 radical (unpaired) electrons. The summed E-state index contributed by atoms with van der Waals surface area (Å²) in [6.07, 6.45) is 0. The molecule has 0 aliphatic heterocycles. The van der Waals surface area contributed by atoms with Gasteiger partial charge in [-0.1, -0.05) is 33.6 Å². The zero-order valence-electron chi connectivity index (χ0n) is 10.3. The molecule has 0 saturated heterocycles. The first kappa shape index (κ1) is 15.8. The molecule has 1 unspecified atom stereocenters. The fraction of sp³-hybridized carbons (Fsp3) is 0.143. The van der Waals surface area contributed by atoms with Gasteiger partial charge in [-0.25, -0.2) is 4.39 Å². The zero-order chi connectivity index (χ0) is 14.7. The second-order valence-corrected chi connectivity index (χ2v) is 6.40. The van der Waals surface area contributed by atoms with Gasteiger partial charge in [-0.15, -0.1) is 0 Å². The molecule has 1 atom stereocenters. The smallest absolute Gasteiger partial charge is 0.129 e. The van der Waals surface area contributed by atoms with E-state index < -0.39 is 0 Å². The Balaban J connectivity index is 2.26. The van der Waals surface area contributed by atoms with E-state index in [9.17, 15) is 4.39 Å². The number of hydrogen-bond donors (Lipinski definition) is 2. The third-order valence-corrected chi connectivity index (χ3v) is 4.56. The predicted molar refractivity (Wildman–Crippen MR) is 88.7 cm³/mol. The minimum absolute atomic E-state index is 0.270. The highest BCUT2D eigenvalue weighted by atomic mass is 79.9. The molecule has 2 nitrogen and oxygen atoms in total. The molecule has 3 N–H and O–H groups in total. The van der Waals surface area contributed by atoms with Crippen LogP contribution in [0, 0.1) is 5.82 Å². The summed E-state index contributed by atoms with van der Waals surface area (Å²) in [6.45, 7) is 0.270. The molecule has 106 valence electrons. The molecule has 0 aliphatic carbocycles. The second kappa shape index (κ2) is 6.89. The number of nitrogens with two attached hydrogens (primary N) is 1. The largest absolute Gasteiger partial charge is 0.377 e. The molecule has 0 amide bonds. The summed E-state index contributed by atoms with van der Waals surface area (Å²) in [4.78, 5) is 0. The topological polar surface area (TPSA) is 38.0 Å². The lowest BCUT2D eigenvalue weighted by molar-refractivity contribution is 0.592. The van der Waals surface area contributed by atoms with E-state index in [-0.39, 0.29) is 18.4 Å². The lowest BCUT2D eigenvalue weighted by Crippen LogP contribution is -2.21. The Morgan fingerprint density at radius 3 is 2.55 bits per heavy atom. The van der Waals surface area contributed by atoms with E-state index in [1.165, 1.54) is 6.07 Å². The number of nitrogens with one attached hydrogen (secondary N) is 1. The van der Waals surface area contributed by atoms with E-state index in [2.05, 4.69) is 37.2 Å². The lowest BCUT2D eigenvalue weighted by Gasteiger charge is -2.19. The standard InChI is InChI=1S/C14H12Br2ClFN2/c15-8-1-3-10(13(18)5-8)14(7-19)20-9-2-4-11(16)12(17)6-9/h1-6,14,20H,7,19H2. The van der Waals surface area contributed by atoms with Gasteiger partial charge >= 0.3 is 0 Å². The highest BCUT2D eigenvalue weighted by Gasteiger charge is 2.15. The van der Waals surface area contributed by atoms with Crippen LogP contribution in [0.4, 0.5) is 10.1 Å². The summed E-state index contributed by atoms with van der Waals surface area (Å²) >= 11 is 12.6. The van der Waals surface area contributed by atoms with E-state index in [1.54, 1.807) is 18.2 Å². The number of rotatable bonds is 4. The Morgan fingerprint density at radius 2 is 1.95 bits per heavy atom. The summed E-state index contributed by atoms with van der Waals surface area (Å²) in [5.41, 5.74) is 7.06. The number of benzene rings is 2. The highest BCUT2D eigenvalue weighted by molar-refractivity contribution is 9.10. The van der Waals surface area contributed by atoms with Crippen LogP contribution in [0.5, 0.6) is 0 Å². The molecule has 6 heteroatoms. The maximum atomic E-state index is 14.0. The summed E-state index contributed by atoms with van der Waals surface area (Å²) in [5.74, 6) is -0.300. The van der Waals surface area contributed by atoms with Crippen molar-refractivity contribution < 1.29 is 4.39 Å². The summed E-state index contributed by atoms with van der Waals surface area (Å²) in [7, 11) is 0. The number of hydrogen-bond acceptors (Lipinski definition) is 2. The van der Waals surface area contributed by atoms with Gasteiger partial charge in [0.1, 0.15) is 5.82 Å². The third-order valence-electron chi connectivity index (χ3n) is 2.83. The predicted octanol–water partition coefficient (Wildman–Crippen LogP) is 5.12. The van der Waals surface area contributed by atoms with Gasteiger partial charge in [0, 0.05) is 26.7 Å². The van der Waals surface area contributed by atoms with Gasteiger partial charge in [-0.2, -0.15) is 0 Å². The van der Waals surface area contributed by atoms with Crippen molar-refractivity contribution in [3.05, 3.63) is 61.7 Å². The van der Waals surface area contributed by atoms with Crippen molar-refractivity contribution in [2.24, 2.45) is 5.73 Å². The van der Waals surface area contributed by atoms with Gasteiger partial charge in [-0.05, 0) is 46.3 Å². The van der Waals surface area contributed by atoms with Crippen molar-refractivity contribution in [3.63, 3.8) is 0 Å². The molecule has 0 aliphatic rings. The molecule has 2 aromatic rings. The monoisotopic (exact) mass is 420 g/mol. The number of halogens is 4. The SMILES string of the molecule is NCC(Nc1ccc(Br)c(Cl)c1)c1ccc(Br)cc1F. The van der Waals surface area contributed by atoms with E-state index in [4.69, 9.17) is 17.3 Å². The molecule has 0 heterocycles. The molecular formula is C14H12Br2ClFN2. The first-order valence-electron chi connectivity index (χ1n) is 5.88. The molecule has 20 heavy (non-hydrogen) atoms. The van der Waals surface area contributed by atoms with Crippen molar-refractivity contribution in [2.75, 3.05) is 11.9 Å². The maximum absolute atomic E-state index is 14.0. The molecule has 0 spiro atoms. The van der Waals surface area contributed by atoms with Crippen LogP contribution in [-0.2, 0) is 0 Å². The average Bonchev–Trinajstić information content (AvgIpc) is 2.41. The number of anilines is 1. The molecule has 0 saturated carbocycles. The molecule has 2 rings (SSSR count). The van der Waals surface area contributed by atoms with Crippen LogP contribution < -0.4 is 11.1 Å². The van der Waals surface area contributed by atoms with E-state index in [0.717, 1.165) is 10.2 Å². The zero-order valence-corrected chi connectivity index (χ0v) is 14.3. The Bertz CT molecular complexity index is 622. The van der Waals surface area contributed by atoms with Crippen molar-refractivity contribution in [3.8, 4) is 0 Å². The third kappa shape index (κ3) is 3.73. The summed E-state index contributed by atoms with van der Waals surface area (Å²) in [5, 5.41) is 3.77. The van der Waals surface area contributed by atoms with Crippen molar-refractivity contribution in [1.82, 2.24) is 0 Å². The van der Waals surface area contributed by atoms with E-state index >= 15 is 0 Å². The second-order valence-electron chi connectivity index (χ2n) is 4.23. The van der Waals surface area contributed by atoms with Gasteiger partial charge < -0.3 is 11.1 Å². The van der Waals surface area contributed by atoms with Gasteiger partial charge in [0.2, 0.25) is 0 Å². The van der Waals surface area contributed by atoms with Crippen LogP contribution in [0.15, 0.2) is 45.3 Å². The van der Waals surface area contributed by atoms with Crippen molar-refractivity contribution in [2.45, 2.75) is 6.04 Å². The van der Waals surface area contributed by atoms with Gasteiger partial charge in [-0.3, -0.25) is 0 Å². The average molecular weight is 423 g/mol. The highest BCUT2D eigenvalue weighted by Crippen LogP contribution is 2.28. The molecule has 0 bridgehead atoms. The van der Waals surface area contributed by atoms with E-state index in [0.29, 0.717) is 15.1 Å². The van der Waals surface area contributed by atoms with Gasteiger partial charge in [0.15, 0.2) is 0 Å². The Kier molecular flexibility index (Phi) is 5.43. The molecule has 0 fully saturated rings. The van der Waals surface area contributed by atoms with E-state index in [1.807, 2.05) is 12.1 Å². The van der Waals surface area contributed by atoms with Crippen LogP contribution in [0.2, 0.25) is 5.02 Å². The fourth-order valence-corrected chi connectivity index (χ4v) is 2.60. The minimum Gasteiger partial charge on any atom is -0.377 e. The van der Waals surface area contributed by atoms with Crippen molar-refractivity contribution in [1.29, 1.82) is 0 Å².